The summed E-state index contributed by atoms with van der Waals surface area (Å²) in [6, 6.07) is 0. The summed E-state index contributed by atoms with van der Waals surface area (Å²) in [5.41, 5.74) is 0.738. The fraction of sp³-hybridized carbons (Fsp3) is 0.967. The van der Waals surface area contributed by atoms with Gasteiger partial charge in [-0.1, -0.05) is 55.4 Å². The van der Waals surface area contributed by atoms with Crippen LogP contribution in [0.4, 0.5) is 0 Å². The van der Waals surface area contributed by atoms with Crippen LogP contribution < -0.4 is 0 Å². The normalized spacial score (nSPS) is 56.9. The van der Waals surface area contributed by atoms with E-state index < -0.39 is 6.10 Å². The molecule has 0 heterocycles. The highest BCUT2D eigenvalue weighted by atomic mass is 16.3. The van der Waals surface area contributed by atoms with E-state index in [1.165, 1.54) is 44.9 Å². The van der Waals surface area contributed by atoms with E-state index in [0.717, 1.165) is 30.1 Å². The molecule has 32 heavy (non-hydrogen) atoms. The lowest BCUT2D eigenvalue weighted by atomic mass is 9.32. The standard InChI is InChI=1S/C30H50O2/c1-18(2)19-11-13-27(5)15-16-28(6)20(25(19)27)9-10-22-29(28,7)14-12-21-26(3,4)23(31)17-24(32)30(21,22)8/h18-22,24-25,32H,9-17H2,1-8H3/t19-,20+,21-,22-,24+,25+,27+,28+,29+,30-/m0/s1. The van der Waals surface area contributed by atoms with Crippen LogP contribution >= 0.6 is 0 Å². The summed E-state index contributed by atoms with van der Waals surface area (Å²) in [5.74, 6) is 4.50. The summed E-state index contributed by atoms with van der Waals surface area (Å²) >= 11 is 0. The van der Waals surface area contributed by atoms with Crippen LogP contribution in [0.3, 0.4) is 0 Å². The Morgan fingerprint density at radius 1 is 0.812 bits per heavy atom. The average Bonchev–Trinajstić information content (AvgIpc) is 3.05. The Kier molecular flexibility index (Phi) is 5.01. The van der Waals surface area contributed by atoms with E-state index in [1.54, 1.807) is 0 Å². The second kappa shape index (κ2) is 6.86. The molecule has 0 aromatic rings. The second-order valence-corrected chi connectivity index (χ2v) is 15.0. The van der Waals surface area contributed by atoms with E-state index in [1.807, 2.05) is 0 Å². The van der Waals surface area contributed by atoms with E-state index in [4.69, 9.17) is 0 Å². The van der Waals surface area contributed by atoms with E-state index in [-0.39, 0.29) is 22.0 Å². The number of rotatable bonds is 1. The maximum atomic E-state index is 13.0. The fourth-order valence-corrected chi connectivity index (χ4v) is 11.5. The predicted octanol–water partition coefficient (Wildman–Crippen LogP) is 7.28. The van der Waals surface area contributed by atoms with Gasteiger partial charge in [-0.2, -0.15) is 0 Å². The molecule has 0 bridgehead atoms. The molecule has 5 fully saturated rings. The molecule has 0 unspecified atom stereocenters. The molecule has 0 radical (unpaired) electrons. The fourth-order valence-electron chi connectivity index (χ4n) is 11.5. The van der Waals surface area contributed by atoms with Crippen molar-refractivity contribution in [3.8, 4) is 0 Å². The van der Waals surface area contributed by atoms with Gasteiger partial charge in [0.15, 0.2) is 0 Å². The van der Waals surface area contributed by atoms with Crippen LogP contribution in [0, 0.1) is 62.6 Å². The third-order valence-corrected chi connectivity index (χ3v) is 13.6. The molecule has 2 heteroatoms. The van der Waals surface area contributed by atoms with Gasteiger partial charge in [0.1, 0.15) is 5.78 Å². The molecule has 2 nitrogen and oxygen atoms in total. The maximum absolute atomic E-state index is 13.0. The molecule has 0 saturated heterocycles. The molecule has 5 rings (SSSR count). The number of carbonyl (C=O) groups is 1. The topological polar surface area (TPSA) is 37.3 Å². The summed E-state index contributed by atoms with van der Waals surface area (Å²) in [4.78, 5) is 13.0. The number of ketones is 1. The lowest BCUT2D eigenvalue weighted by molar-refractivity contribution is -0.255. The van der Waals surface area contributed by atoms with Gasteiger partial charge in [-0.05, 0) is 103 Å². The lowest BCUT2D eigenvalue weighted by Crippen LogP contribution is -2.69. The third kappa shape index (κ3) is 2.60. The molecule has 0 amide bonds. The zero-order valence-electron chi connectivity index (χ0n) is 22.3. The number of carbonyl (C=O) groups excluding carboxylic acids is 1. The first-order valence-electron chi connectivity index (χ1n) is 13.9. The molecule has 10 atom stereocenters. The SMILES string of the molecule is CC(C)[C@@H]1CC[C@]2(C)CC[C@]3(C)[C@H](CC[C@@H]4[C@@]5(C)[C@H](O)CC(=O)C(C)(C)[C@@H]5CC[C@]43C)[C@@H]12. The Balaban J connectivity index is 1.57. The van der Waals surface area contributed by atoms with E-state index in [0.29, 0.717) is 29.1 Å². The van der Waals surface area contributed by atoms with Crippen LogP contribution in [0.2, 0.25) is 0 Å². The molecule has 5 aliphatic carbocycles. The lowest BCUT2D eigenvalue weighted by Gasteiger charge is -2.73. The van der Waals surface area contributed by atoms with Crippen LogP contribution in [0.5, 0.6) is 0 Å². The first kappa shape index (κ1) is 23.4. The molecule has 0 aromatic heterocycles. The Morgan fingerprint density at radius 2 is 1.50 bits per heavy atom. The van der Waals surface area contributed by atoms with Crippen molar-refractivity contribution in [2.75, 3.05) is 0 Å². The summed E-state index contributed by atoms with van der Waals surface area (Å²) < 4.78 is 0. The summed E-state index contributed by atoms with van der Waals surface area (Å²) in [6.07, 6.45) is 10.4. The van der Waals surface area contributed by atoms with Gasteiger partial charge in [0.05, 0.1) is 6.10 Å². The van der Waals surface area contributed by atoms with Crippen LogP contribution in [-0.4, -0.2) is 17.0 Å². The molecule has 0 aromatic carbocycles. The van der Waals surface area contributed by atoms with Crippen molar-refractivity contribution in [2.24, 2.45) is 62.6 Å². The number of Topliss-reactive ketones (excluding diaryl/α,β-unsaturated/α-hetero) is 1. The Hall–Kier alpha value is -0.370. The number of fused-ring (bicyclic) bond motifs is 7. The van der Waals surface area contributed by atoms with Gasteiger partial charge in [-0.3, -0.25) is 4.79 Å². The molecule has 0 spiro atoms. The van der Waals surface area contributed by atoms with Gasteiger partial charge in [0, 0.05) is 17.3 Å². The quantitative estimate of drug-likeness (QED) is 0.463. The molecule has 1 N–H and O–H groups in total. The highest BCUT2D eigenvalue weighted by Crippen LogP contribution is 2.77. The van der Waals surface area contributed by atoms with Gasteiger partial charge >= 0.3 is 0 Å². The van der Waals surface area contributed by atoms with Crippen molar-refractivity contribution in [1.29, 1.82) is 0 Å². The van der Waals surface area contributed by atoms with Crippen LogP contribution in [0.15, 0.2) is 0 Å². The summed E-state index contributed by atoms with van der Waals surface area (Å²) in [5, 5.41) is 11.5. The molecule has 5 aliphatic rings. The Bertz CT molecular complexity index is 799. The van der Waals surface area contributed by atoms with Crippen molar-refractivity contribution in [3.63, 3.8) is 0 Å². The number of aliphatic hydroxyl groups excluding tert-OH is 1. The van der Waals surface area contributed by atoms with Gasteiger partial charge < -0.3 is 5.11 Å². The minimum absolute atomic E-state index is 0.133. The zero-order valence-corrected chi connectivity index (χ0v) is 22.3. The van der Waals surface area contributed by atoms with Gasteiger partial charge in [0.25, 0.3) is 0 Å². The number of aliphatic hydroxyl groups is 1. The molecular formula is C30H50O2. The predicted molar refractivity (Wildman–Crippen MR) is 131 cm³/mol. The monoisotopic (exact) mass is 442 g/mol. The van der Waals surface area contributed by atoms with E-state index >= 15 is 0 Å². The first-order valence-corrected chi connectivity index (χ1v) is 13.9. The number of hydrogen-bond donors (Lipinski definition) is 1. The minimum Gasteiger partial charge on any atom is -0.392 e. The number of hydrogen-bond acceptors (Lipinski definition) is 2. The third-order valence-electron chi connectivity index (χ3n) is 13.6. The Labute approximate surface area is 197 Å². The van der Waals surface area contributed by atoms with Crippen LogP contribution in [-0.2, 0) is 4.79 Å². The highest BCUT2D eigenvalue weighted by molar-refractivity contribution is 5.86. The maximum Gasteiger partial charge on any atom is 0.141 e. The smallest absolute Gasteiger partial charge is 0.141 e. The first-order chi connectivity index (χ1) is 14.7. The molecule has 0 aliphatic heterocycles. The Morgan fingerprint density at radius 3 is 2.16 bits per heavy atom. The van der Waals surface area contributed by atoms with E-state index in [2.05, 4.69) is 55.4 Å². The molecule has 182 valence electrons. The molecule has 5 saturated carbocycles. The molecular weight excluding hydrogens is 392 g/mol. The largest absolute Gasteiger partial charge is 0.392 e. The average molecular weight is 443 g/mol. The van der Waals surface area contributed by atoms with Crippen molar-refractivity contribution >= 4 is 5.78 Å². The van der Waals surface area contributed by atoms with Gasteiger partial charge in [-0.25, -0.2) is 0 Å². The van der Waals surface area contributed by atoms with Crippen LogP contribution in [0.25, 0.3) is 0 Å². The highest BCUT2D eigenvalue weighted by Gasteiger charge is 2.71. The van der Waals surface area contributed by atoms with Crippen molar-refractivity contribution < 1.29 is 9.90 Å². The van der Waals surface area contributed by atoms with Gasteiger partial charge in [0.2, 0.25) is 0 Å². The van der Waals surface area contributed by atoms with Gasteiger partial charge in [-0.15, -0.1) is 0 Å². The van der Waals surface area contributed by atoms with Crippen LogP contribution in [0.1, 0.15) is 113 Å². The summed E-state index contributed by atoms with van der Waals surface area (Å²) in [6.45, 7) is 19.6. The summed E-state index contributed by atoms with van der Waals surface area (Å²) in [7, 11) is 0. The second-order valence-electron chi connectivity index (χ2n) is 15.0. The van der Waals surface area contributed by atoms with Crippen molar-refractivity contribution in [1.82, 2.24) is 0 Å². The minimum atomic E-state index is -0.471. The zero-order chi connectivity index (χ0) is 23.5. The van der Waals surface area contributed by atoms with Crippen molar-refractivity contribution in [3.05, 3.63) is 0 Å². The van der Waals surface area contributed by atoms with E-state index in [9.17, 15) is 9.90 Å². The van der Waals surface area contributed by atoms with Crippen molar-refractivity contribution in [2.45, 2.75) is 119 Å².